The Hall–Kier alpha value is -0.610. The van der Waals surface area contributed by atoms with Gasteiger partial charge in [0.05, 0.1) is 0 Å². The summed E-state index contributed by atoms with van der Waals surface area (Å²) in [5.74, 6) is -0.0638. The molecular formula is C17H34N2O2. The maximum Gasteiger partial charge on any atom is 0.323 e. The van der Waals surface area contributed by atoms with Gasteiger partial charge in [0.25, 0.3) is 0 Å². The second kappa shape index (κ2) is 8.14. The largest absolute Gasteiger partial charge is 0.480 e. The predicted octanol–water partition coefficient (Wildman–Crippen LogP) is 3.12. The molecule has 4 heteroatoms. The summed E-state index contributed by atoms with van der Waals surface area (Å²) in [6.45, 7) is 12.8. The standard InChI is InChI=1S/C17H34N2O2/c1-6-10-18-17(16(20)21)9-7-8-15(11-17)19(14(4)5)12-13(2)3/h13-15,18H,6-12H2,1-5H3,(H,20,21). The van der Waals surface area contributed by atoms with Crippen LogP contribution in [0.3, 0.4) is 0 Å². The van der Waals surface area contributed by atoms with E-state index in [0.29, 0.717) is 18.0 Å². The van der Waals surface area contributed by atoms with Crippen molar-refractivity contribution in [3.8, 4) is 0 Å². The average molecular weight is 298 g/mol. The molecule has 21 heavy (non-hydrogen) atoms. The molecule has 0 saturated heterocycles. The van der Waals surface area contributed by atoms with Crippen molar-refractivity contribution < 1.29 is 9.90 Å². The summed E-state index contributed by atoms with van der Waals surface area (Å²) >= 11 is 0. The van der Waals surface area contributed by atoms with Crippen molar-refractivity contribution in [3.05, 3.63) is 0 Å². The van der Waals surface area contributed by atoms with Crippen LogP contribution in [0.25, 0.3) is 0 Å². The summed E-state index contributed by atoms with van der Waals surface area (Å²) in [7, 11) is 0. The predicted molar refractivity (Wildman–Crippen MR) is 87.6 cm³/mol. The first-order valence-electron chi connectivity index (χ1n) is 8.56. The van der Waals surface area contributed by atoms with Crippen LogP contribution in [0.2, 0.25) is 0 Å². The lowest BCUT2D eigenvalue weighted by Gasteiger charge is -2.45. The van der Waals surface area contributed by atoms with Gasteiger partial charge in [0.2, 0.25) is 0 Å². The van der Waals surface area contributed by atoms with Crippen LogP contribution in [0.1, 0.15) is 66.7 Å². The molecule has 2 unspecified atom stereocenters. The van der Waals surface area contributed by atoms with E-state index in [4.69, 9.17) is 0 Å². The molecule has 0 amide bonds. The first kappa shape index (κ1) is 18.4. The van der Waals surface area contributed by atoms with E-state index >= 15 is 0 Å². The lowest BCUT2D eigenvalue weighted by molar-refractivity contribution is -0.147. The molecule has 1 saturated carbocycles. The minimum Gasteiger partial charge on any atom is -0.480 e. The van der Waals surface area contributed by atoms with Gasteiger partial charge in [-0.3, -0.25) is 9.69 Å². The van der Waals surface area contributed by atoms with Crippen LogP contribution in [-0.2, 0) is 4.79 Å². The zero-order valence-electron chi connectivity index (χ0n) is 14.5. The molecule has 1 aliphatic rings. The van der Waals surface area contributed by atoms with Crippen LogP contribution in [0.4, 0.5) is 0 Å². The lowest BCUT2D eigenvalue weighted by atomic mass is 9.77. The maximum atomic E-state index is 11.9. The van der Waals surface area contributed by atoms with Gasteiger partial charge in [0.1, 0.15) is 5.54 Å². The van der Waals surface area contributed by atoms with Crippen LogP contribution < -0.4 is 5.32 Å². The quantitative estimate of drug-likeness (QED) is 0.723. The Morgan fingerprint density at radius 2 is 2.05 bits per heavy atom. The fourth-order valence-electron chi connectivity index (χ4n) is 3.53. The van der Waals surface area contributed by atoms with Gasteiger partial charge >= 0.3 is 5.97 Å². The van der Waals surface area contributed by atoms with Gasteiger partial charge in [0, 0.05) is 18.6 Å². The van der Waals surface area contributed by atoms with Crippen molar-refractivity contribution in [1.82, 2.24) is 10.2 Å². The van der Waals surface area contributed by atoms with Crippen molar-refractivity contribution in [2.24, 2.45) is 5.92 Å². The SMILES string of the molecule is CCCNC1(C(=O)O)CCCC(N(CC(C)C)C(C)C)C1. The van der Waals surface area contributed by atoms with Crippen LogP contribution in [0.5, 0.6) is 0 Å². The molecule has 1 rings (SSSR count). The smallest absolute Gasteiger partial charge is 0.323 e. The Balaban J connectivity index is 2.86. The summed E-state index contributed by atoms with van der Waals surface area (Å²) in [6.07, 6.45) is 4.57. The summed E-state index contributed by atoms with van der Waals surface area (Å²) in [6, 6.07) is 0.842. The van der Waals surface area contributed by atoms with E-state index in [1.165, 1.54) is 0 Å². The van der Waals surface area contributed by atoms with Gasteiger partial charge in [-0.1, -0.05) is 20.8 Å². The molecule has 4 nitrogen and oxygen atoms in total. The number of rotatable bonds is 8. The topological polar surface area (TPSA) is 52.6 Å². The molecule has 0 aliphatic heterocycles. The Bertz CT molecular complexity index is 331. The highest BCUT2D eigenvalue weighted by atomic mass is 16.4. The van der Waals surface area contributed by atoms with Crippen LogP contribution >= 0.6 is 0 Å². The minimum absolute atomic E-state index is 0.376. The van der Waals surface area contributed by atoms with Gasteiger partial charge in [-0.2, -0.15) is 0 Å². The second-order valence-corrected chi connectivity index (χ2v) is 7.25. The third-order valence-electron chi connectivity index (χ3n) is 4.56. The van der Waals surface area contributed by atoms with Gasteiger partial charge < -0.3 is 10.4 Å². The molecule has 0 aromatic heterocycles. The molecular weight excluding hydrogens is 264 g/mol. The summed E-state index contributed by atoms with van der Waals surface area (Å²) in [5.41, 5.74) is -0.719. The lowest BCUT2D eigenvalue weighted by Crippen LogP contribution is -2.59. The van der Waals surface area contributed by atoms with E-state index < -0.39 is 11.5 Å². The monoisotopic (exact) mass is 298 g/mol. The van der Waals surface area contributed by atoms with Crippen LogP contribution in [0, 0.1) is 5.92 Å². The Morgan fingerprint density at radius 1 is 1.38 bits per heavy atom. The molecule has 2 atom stereocenters. The van der Waals surface area contributed by atoms with Gasteiger partial charge in [0.15, 0.2) is 0 Å². The number of nitrogens with one attached hydrogen (secondary N) is 1. The van der Waals surface area contributed by atoms with Crippen LogP contribution in [0.15, 0.2) is 0 Å². The second-order valence-electron chi connectivity index (χ2n) is 7.25. The molecule has 0 bridgehead atoms. The highest BCUT2D eigenvalue weighted by Crippen LogP contribution is 2.33. The molecule has 0 aromatic carbocycles. The zero-order chi connectivity index (χ0) is 16.0. The van der Waals surface area contributed by atoms with Gasteiger partial charge in [-0.25, -0.2) is 0 Å². The molecule has 124 valence electrons. The third kappa shape index (κ3) is 4.96. The molecule has 2 N–H and O–H groups in total. The Kier molecular flexibility index (Phi) is 7.14. The molecule has 1 aliphatic carbocycles. The van der Waals surface area contributed by atoms with E-state index in [9.17, 15) is 9.90 Å². The van der Waals surface area contributed by atoms with Crippen LogP contribution in [-0.4, -0.2) is 46.7 Å². The van der Waals surface area contributed by atoms with E-state index in [0.717, 1.165) is 45.2 Å². The van der Waals surface area contributed by atoms with Gasteiger partial charge in [-0.05, 0) is 58.4 Å². The highest BCUT2D eigenvalue weighted by Gasteiger charge is 2.44. The van der Waals surface area contributed by atoms with E-state index in [1.54, 1.807) is 0 Å². The van der Waals surface area contributed by atoms with E-state index in [-0.39, 0.29) is 0 Å². The van der Waals surface area contributed by atoms with Crippen molar-refractivity contribution in [2.75, 3.05) is 13.1 Å². The Morgan fingerprint density at radius 3 is 2.52 bits per heavy atom. The molecule has 0 heterocycles. The highest BCUT2D eigenvalue weighted by molar-refractivity contribution is 5.79. The molecule has 0 radical (unpaired) electrons. The first-order valence-corrected chi connectivity index (χ1v) is 8.56. The van der Waals surface area contributed by atoms with E-state index in [1.807, 2.05) is 0 Å². The fourth-order valence-corrected chi connectivity index (χ4v) is 3.53. The number of carboxylic acids is 1. The Labute approximate surface area is 130 Å². The molecule has 0 spiro atoms. The number of nitrogens with zero attached hydrogens (tertiary/aromatic N) is 1. The molecule has 1 fully saturated rings. The fraction of sp³-hybridized carbons (Fsp3) is 0.941. The number of carboxylic acid groups (broad SMARTS) is 1. The third-order valence-corrected chi connectivity index (χ3v) is 4.56. The van der Waals surface area contributed by atoms with Crippen molar-refractivity contribution in [1.29, 1.82) is 0 Å². The first-order chi connectivity index (χ1) is 9.82. The number of hydrogen-bond acceptors (Lipinski definition) is 3. The maximum absolute atomic E-state index is 11.9. The zero-order valence-corrected chi connectivity index (χ0v) is 14.5. The minimum atomic E-state index is -0.719. The summed E-state index contributed by atoms with van der Waals surface area (Å²) < 4.78 is 0. The van der Waals surface area contributed by atoms with Crippen molar-refractivity contribution >= 4 is 5.97 Å². The average Bonchev–Trinajstić information content (AvgIpc) is 2.42. The number of aliphatic carboxylic acids is 1. The van der Waals surface area contributed by atoms with Gasteiger partial charge in [-0.15, -0.1) is 0 Å². The number of hydrogen-bond donors (Lipinski definition) is 2. The van der Waals surface area contributed by atoms with Crippen molar-refractivity contribution in [3.63, 3.8) is 0 Å². The van der Waals surface area contributed by atoms with E-state index in [2.05, 4.69) is 44.8 Å². The molecule has 0 aromatic rings. The number of carbonyl (C=O) groups is 1. The summed E-state index contributed by atoms with van der Waals surface area (Å²) in [5, 5.41) is 13.1. The normalized spacial score (nSPS) is 26.8. The van der Waals surface area contributed by atoms with Crippen molar-refractivity contribution in [2.45, 2.75) is 84.3 Å². The summed E-state index contributed by atoms with van der Waals surface area (Å²) in [4.78, 5) is 14.4.